The second kappa shape index (κ2) is 12.0. The normalized spacial score (nSPS) is 16.5. The van der Waals surface area contributed by atoms with E-state index in [-0.39, 0.29) is 0 Å². The second-order valence-corrected chi connectivity index (χ2v) is 13.2. The molecule has 2 aliphatic rings. The van der Waals surface area contributed by atoms with Crippen LogP contribution in [0.15, 0.2) is 180 Å². The van der Waals surface area contributed by atoms with Gasteiger partial charge in [0.2, 0.25) is 0 Å². The summed E-state index contributed by atoms with van der Waals surface area (Å²) in [6, 6.07) is 46.1. The van der Waals surface area contributed by atoms with E-state index in [0.29, 0.717) is 29.3 Å². The summed E-state index contributed by atoms with van der Waals surface area (Å²) in [5.41, 5.74) is 8.92. The maximum Gasteiger partial charge on any atom is 0.167 e. The highest BCUT2D eigenvalue weighted by Crippen LogP contribution is 2.44. The van der Waals surface area contributed by atoms with E-state index in [4.69, 9.17) is 19.4 Å². The van der Waals surface area contributed by atoms with Crippen LogP contribution in [0.5, 0.6) is 0 Å². The zero-order valence-corrected chi connectivity index (χ0v) is 27.6. The number of hydrogen-bond acceptors (Lipinski definition) is 4. The summed E-state index contributed by atoms with van der Waals surface area (Å²) in [7, 11) is 0. The first-order valence-corrected chi connectivity index (χ1v) is 17.4. The molecule has 0 radical (unpaired) electrons. The lowest BCUT2D eigenvalue weighted by Gasteiger charge is -2.23. The van der Waals surface area contributed by atoms with Crippen molar-refractivity contribution in [1.29, 1.82) is 0 Å². The van der Waals surface area contributed by atoms with Gasteiger partial charge in [-0.25, -0.2) is 15.0 Å². The summed E-state index contributed by atoms with van der Waals surface area (Å²) in [6.07, 6.45) is 15.8. The van der Waals surface area contributed by atoms with Gasteiger partial charge < -0.3 is 4.42 Å². The Labute approximate surface area is 295 Å². The van der Waals surface area contributed by atoms with Crippen LogP contribution in [-0.4, -0.2) is 15.0 Å². The minimum Gasteiger partial charge on any atom is -0.455 e. The van der Waals surface area contributed by atoms with Crippen molar-refractivity contribution in [3.05, 3.63) is 182 Å². The van der Waals surface area contributed by atoms with E-state index in [9.17, 15) is 0 Å². The molecule has 10 rings (SSSR count). The zero-order valence-electron chi connectivity index (χ0n) is 27.6. The highest BCUT2D eigenvalue weighted by molar-refractivity contribution is 6.24. The van der Waals surface area contributed by atoms with Crippen LogP contribution < -0.4 is 0 Å². The minimum absolute atomic E-state index is 0.371. The highest BCUT2D eigenvalue weighted by Gasteiger charge is 2.23. The second-order valence-electron chi connectivity index (χ2n) is 13.2. The van der Waals surface area contributed by atoms with E-state index < -0.39 is 0 Å². The minimum atomic E-state index is 0.371. The van der Waals surface area contributed by atoms with Crippen LogP contribution in [0.4, 0.5) is 0 Å². The van der Waals surface area contributed by atoms with E-state index >= 15 is 0 Å². The molecule has 0 spiro atoms. The summed E-state index contributed by atoms with van der Waals surface area (Å²) in [6.45, 7) is 0. The topological polar surface area (TPSA) is 51.8 Å². The Balaban J connectivity index is 1.21. The quantitative estimate of drug-likeness (QED) is 0.185. The Morgan fingerprint density at radius 1 is 0.471 bits per heavy atom. The Hall–Kier alpha value is -6.65. The molecule has 6 aromatic carbocycles. The van der Waals surface area contributed by atoms with Crippen molar-refractivity contribution in [2.24, 2.45) is 11.8 Å². The Bertz CT molecular complexity index is 2700. The lowest BCUT2D eigenvalue weighted by atomic mass is 9.81. The Kier molecular flexibility index (Phi) is 6.91. The molecule has 4 nitrogen and oxygen atoms in total. The predicted molar refractivity (Wildman–Crippen MR) is 209 cm³/mol. The third kappa shape index (κ3) is 5.12. The standard InChI is InChI=1S/C47H31N3O/c1-3-14-32(15-4-1)45-48-46(33-16-5-2-6-17-33)50-47(49-45)40-26-25-39(43-42-38-21-10-9-13-31(38)24-27-41(42)51-44(40)43)37-20-11-19-35(29-37)36-23-22-30-12-7-8-18-34(30)28-36/h1-30,34H. The van der Waals surface area contributed by atoms with Crippen LogP contribution in [0.25, 0.3) is 83.6 Å². The van der Waals surface area contributed by atoms with Crippen LogP contribution >= 0.6 is 0 Å². The van der Waals surface area contributed by atoms with Gasteiger partial charge in [0.1, 0.15) is 11.2 Å². The van der Waals surface area contributed by atoms with Crippen LogP contribution in [0.1, 0.15) is 5.56 Å². The molecule has 2 aliphatic carbocycles. The molecular weight excluding hydrogens is 623 g/mol. The van der Waals surface area contributed by atoms with Gasteiger partial charge in [-0.05, 0) is 51.2 Å². The summed E-state index contributed by atoms with van der Waals surface area (Å²) in [4.78, 5) is 15.1. The third-order valence-electron chi connectivity index (χ3n) is 10.0. The predicted octanol–water partition coefficient (Wildman–Crippen LogP) is 11.9. The van der Waals surface area contributed by atoms with Crippen molar-refractivity contribution >= 4 is 38.3 Å². The monoisotopic (exact) mass is 653 g/mol. The van der Waals surface area contributed by atoms with E-state index in [1.54, 1.807) is 0 Å². The number of fused-ring (bicyclic) bond motifs is 6. The first-order chi connectivity index (χ1) is 25.3. The molecule has 51 heavy (non-hydrogen) atoms. The molecule has 8 aromatic rings. The van der Waals surface area contributed by atoms with Crippen LogP contribution in [-0.2, 0) is 0 Å². The van der Waals surface area contributed by atoms with E-state index in [2.05, 4.69) is 115 Å². The van der Waals surface area contributed by atoms with Crippen molar-refractivity contribution in [2.45, 2.75) is 0 Å². The molecular formula is C47H31N3O. The van der Waals surface area contributed by atoms with Crippen LogP contribution in [0, 0.1) is 11.8 Å². The number of allylic oxidation sites excluding steroid dienone is 8. The highest BCUT2D eigenvalue weighted by atomic mass is 16.3. The number of rotatable bonds is 5. The molecule has 0 saturated heterocycles. The lowest BCUT2D eigenvalue weighted by Crippen LogP contribution is -2.11. The molecule has 2 aromatic heterocycles. The Morgan fingerprint density at radius 2 is 1.12 bits per heavy atom. The van der Waals surface area contributed by atoms with Gasteiger partial charge in [-0.2, -0.15) is 0 Å². The maximum atomic E-state index is 6.87. The SMILES string of the molecule is C1=CC2C=CC(c3cccc(-c4ccc(-c5nc(-c6ccccc6)nc(-c6ccccc6)n5)c5oc6ccc7ccccc7c6c45)c3)=CC2C=C1. The summed E-state index contributed by atoms with van der Waals surface area (Å²) < 4.78 is 6.87. The number of furan rings is 1. The van der Waals surface area contributed by atoms with Gasteiger partial charge in [0.05, 0.1) is 5.56 Å². The van der Waals surface area contributed by atoms with Gasteiger partial charge in [0, 0.05) is 33.7 Å². The van der Waals surface area contributed by atoms with Gasteiger partial charge in [-0.15, -0.1) is 0 Å². The average Bonchev–Trinajstić information content (AvgIpc) is 3.61. The first kappa shape index (κ1) is 29.3. The molecule has 0 bridgehead atoms. The molecule has 4 heteroatoms. The summed E-state index contributed by atoms with van der Waals surface area (Å²) in [5.74, 6) is 2.59. The molecule has 0 N–H and O–H groups in total. The number of benzene rings is 6. The van der Waals surface area contributed by atoms with Crippen molar-refractivity contribution in [2.75, 3.05) is 0 Å². The molecule has 2 heterocycles. The largest absolute Gasteiger partial charge is 0.455 e. The van der Waals surface area contributed by atoms with Gasteiger partial charge in [0.25, 0.3) is 0 Å². The molecule has 0 fully saturated rings. The third-order valence-corrected chi connectivity index (χ3v) is 10.0. The molecule has 0 amide bonds. The fourth-order valence-corrected chi connectivity index (χ4v) is 7.52. The number of hydrogen-bond donors (Lipinski definition) is 0. The van der Waals surface area contributed by atoms with Crippen molar-refractivity contribution in [3.8, 4) is 45.3 Å². The van der Waals surface area contributed by atoms with Crippen molar-refractivity contribution < 1.29 is 4.42 Å². The van der Waals surface area contributed by atoms with Gasteiger partial charge in [-0.3, -0.25) is 0 Å². The van der Waals surface area contributed by atoms with Crippen LogP contribution in [0.3, 0.4) is 0 Å². The molecule has 0 aliphatic heterocycles. The molecule has 240 valence electrons. The molecule has 2 unspecified atom stereocenters. The van der Waals surface area contributed by atoms with Crippen molar-refractivity contribution in [1.82, 2.24) is 15.0 Å². The molecule has 0 saturated carbocycles. The van der Waals surface area contributed by atoms with E-state index in [1.165, 1.54) is 11.1 Å². The Morgan fingerprint density at radius 3 is 1.90 bits per heavy atom. The fraction of sp³-hybridized carbons (Fsp3) is 0.0426. The van der Waals surface area contributed by atoms with E-state index in [1.807, 2.05) is 60.7 Å². The summed E-state index contributed by atoms with van der Waals surface area (Å²) in [5, 5.41) is 4.45. The number of nitrogens with zero attached hydrogens (tertiary/aromatic N) is 3. The first-order valence-electron chi connectivity index (χ1n) is 17.4. The fourth-order valence-electron chi connectivity index (χ4n) is 7.52. The molecule has 2 atom stereocenters. The van der Waals surface area contributed by atoms with E-state index in [0.717, 1.165) is 60.5 Å². The van der Waals surface area contributed by atoms with Gasteiger partial charge in [-0.1, -0.05) is 158 Å². The average molecular weight is 654 g/mol. The lowest BCUT2D eigenvalue weighted by molar-refractivity contribution is 0.663. The number of aromatic nitrogens is 3. The smallest absolute Gasteiger partial charge is 0.167 e. The zero-order chi connectivity index (χ0) is 33.7. The maximum absolute atomic E-state index is 6.87. The van der Waals surface area contributed by atoms with Gasteiger partial charge in [0.15, 0.2) is 17.5 Å². The van der Waals surface area contributed by atoms with Crippen LogP contribution in [0.2, 0.25) is 0 Å². The van der Waals surface area contributed by atoms with Gasteiger partial charge >= 0.3 is 0 Å². The van der Waals surface area contributed by atoms with Crippen molar-refractivity contribution in [3.63, 3.8) is 0 Å². The summed E-state index contributed by atoms with van der Waals surface area (Å²) >= 11 is 0.